The molecule has 0 aromatic carbocycles. The first kappa shape index (κ1) is 16.2. The van der Waals surface area contributed by atoms with E-state index >= 15 is 0 Å². The van der Waals surface area contributed by atoms with Crippen LogP contribution in [0.5, 0.6) is 0 Å². The van der Waals surface area contributed by atoms with Gasteiger partial charge in [-0.3, -0.25) is 14.9 Å². The van der Waals surface area contributed by atoms with Crippen LogP contribution in [-0.4, -0.2) is 46.5 Å². The number of carbonyl (C=O) groups excluding carboxylic acids is 3. The Labute approximate surface area is 108 Å². The van der Waals surface area contributed by atoms with Gasteiger partial charge in [-0.1, -0.05) is 0 Å². The Morgan fingerprint density at radius 3 is 2.39 bits per heavy atom. The number of carboxylic acids is 1. The summed E-state index contributed by atoms with van der Waals surface area (Å²) in [5.41, 5.74) is 4.74. The zero-order valence-corrected chi connectivity index (χ0v) is 10.6. The van der Waals surface area contributed by atoms with Crippen LogP contribution in [0.3, 0.4) is 0 Å². The van der Waals surface area contributed by atoms with Crippen molar-refractivity contribution in [3.63, 3.8) is 0 Å². The molecule has 8 nitrogen and oxygen atoms in total. The molecule has 0 rings (SSSR count). The van der Waals surface area contributed by atoms with Crippen LogP contribution in [0.1, 0.15) is 13.3 Å². The average molecular weight is 277 g/mol. The van der Waals surface area contributed by atoms with Gasteiger partial charge in [-0.2, -0.15) is 11.8 Å². The zero-order chi connectivity index (χ0) is 14.1. The van der Waals surface area contributed by atoms with Gasteiger partial charge in [0.2, 0.25) is 11.8 Å². The molecule has 0 aliphatic carbocycles. The molecule has 9 heteroatoms. The van der Waals surface area contributed by atoms with E-state index in [1.807, 2.05) is 5.32 Å². The number of aliphatic carboxylic acids is 1. The number of nitrogens with two attached hydrogens (primary N) is 1. The lowest BCUT2D eigenvalue weighted by Crippen LogP contribution is -2.41. The number of carbonyl (C=O) groups is 4. The van der Waals surface area contributed by atoms with E-state index in [9.17, 15) is 19.2 Å². The number of primary amides is 1. The van der Waals surface area contributed by atoms with Gasteiger partial charge in [0.05, 0.1) is 0 Å². The van der Waals surface area contributed by atoms with E-state index in [4.69, 9.17) is 10.8 Å². The Balaban J connectivity index is 3.86. The maximum absolute atomic E-state index is 11.0. The molecule has 0 aliphatic heterocycles. The smallest absolute Gasteiger partial charge is 0.327 e. The van der Waals surface area contributed by atoms with Crippen molar-refractivity contribution in [1.29, 1.82) is 0 Å². The molecule has 0 bridgehead atoms. The maximum Gasteiger partial charge on any atom is 0.327 e. The summed E-state index contributed by atoms with van der Waals surface area (Å²) < 4.78 is 0. The third kappa shape index (κ3) is 8.39. The molecule has 4 amide bonds. The second-order valence-electron chi connectivity index (χ2n) is 3.33. The molecule has 0 heterocycles. The van der Waals surface area contributed by atoms with Crippen molar-refractivity contribution in [3.8, 4) is 0 Å². The molecule has 0 spiro atoms. The summed E-state index contributed by atoms with van der Waals surface area (Å²) in [5, 5.41) is 12.9. The molecule has 0 radical (unpaired) electrons. The van der Waals surface area contributed by atoms with Gasteiger partial charge < -0.3 is 16.2 Å². The quantitative estimate of drug-likeness (QED) is 0.435. The number of hydrogen-bond acceptors (Lipinski definition) is 5. The molecule has 0 saturated carbocycles. The lowest BCUT2D eigenvalue weighted by molar-refractivity contribution is -0.140. The maximum atomic E-state index is 11.0. The lowest BCUT2D eigenvalue weighted by Gasteiger charge is -2.12. The molecule has 102 valence electrons. The van der Waals surface area contributed by atoms with Crippen molar-refractivity contribution in [2.45, 2.75) is 19.4 Å². The fourth-order valence-corrected chi connectivity index (χ4v) is 1.94. The first-order valence-corrected chi connectivity index (χ1v) is 6.15. The summed E-state index contributed by atoms with van der Waals surface area (Å²) in [5.74, 6) is -1.64. The fraction of sp³-hybridized carbons (Fsp3) is 0.556. The number of amides is 4. The number of thioether (sulfide) groups is 1. The molecule has 0 aliphatic rings. The van der Waals surface area contributed by atoms with Crippen LogP contribution >= 0.6 is 11.8 Å². The van der Waals surface area contributed by atoms with Crippen LogP contribution in [0.15, 0.2) is 0 Å². The van der Waals surface area contributed by atoms with Crippen molar-refractivity contribution < 1.29 is 24.3 Å². The van der Waals surface area contributed by atoms with Gasteiger partial charge in [0.1, 0.15) is 6.04 Å². The molecular weight excluding hydrogens is 262 g/mol. The summed E-state index contributed by atoms with van der Waals surface area (Å²) in [4.78, 5) is 42.8. The molecule has 1 atom stereocenters. The summed E-state index contributed by atoms with van der Waals surface area (Å²) >= 11 is 1.18. The van der Waals surface area contributed by atoms with Gasteiger partial charge >= 0.3 is 12.0 Å². The Bertz CT molecular complexity index is 347. The largest absolute Gasteiger partial charge is 0.480 e. The highest BCUT2D eigenvalue weighted by Crippen LogP contribution is 2.05. The second-order valence-corrected chi connectivity index (χ2v) is 4.48. The van der Waals surface area contributed by atoms with Gasteiger partial charge in [-0.15, -0.1) is 0 Å². The molecular formula is C9H15N3O5S. The third-order valence-electron chi connectivity index (χ3n) is 1.70. The van der Waals surface area contributed by atoms with Crippen molar-refractivity contribution in [3.05, 3.63) is 0 Å². The summed E-state index contributed by atoms with van der Waals surface area (Å²) in [6.07, 6.45) is 0.0417. The molecule has 0 aromatic rings. The van der Waals surface area contributed by atoms with Crippen molar-refractivity contribution >= 4 is 35.6 Å². The van der Waals surface area contributed by atoms with Crippen molar-refractivity contribution in [1.82, 2.24) is 10.6 Å². The van der Waals surface area contributed by atoms with E-state index in [1.165, 1.54) is 18.7 Å². The van der Waals surface area contributed by atoms with Gasteiger partial charge in [-0.25, -0.2) is 9.59 Å². The standard InChI is InChI=1S/C9H15N3O5S/c1-5(13)11-6(8(15)16)4-18-3-2-7(14)12-9(10)17/h6H,2-4H2,1H3,(H,11,13)(H,15,16)(H3,10,12,14,17). The molecule has 0 saturated heterocycles. The number of hydrogen-bond donors (Lipinski definition) is 4. The van der Waals surface area contributed by atoms with E-state index in [0.29, 0.717) is 5.75 Å². The minimum Gasteiger partial charge on any atom is -0.480 e. The highest BCUT2D eigenvalue weighted by Gasteiger charge is 2.18. The van der Waals surface area contributed by atoms with Crippen LogP contribution in [0.25, 0.3) is 0 Å². The first-order valence-electron chi connectivity index (χ1n) is 5.00. The fourth-order valence-electron chi connectivity index (χ4n) is 0.986. The topological polar surface area (TPSA) is 139 Å². The molecule has 18 heavy (non-hydrogen) atoms. The van der Waals surface area contributed by atoms with Crippen LogP contribution in [0, 0.1) is 0 Å². The Morgan fingerprint density at radius 2 is 1.94 bits per heavy atom. The van der Waals surface area contributed by atoms with Crippen molar-refractivity contribution in [2.75, 3.05) is 11.5 Å². The Kier molecular flexibility index (Phi) is 7.52. The van der Waals surface area contributed by atoms with E-state index in [2.05, 4.69) is 5.32 Å². The van der Waals surface area contributed by atoms with E-state index in [-0.39, 0.29) is 12.2 Å². The summed E-state index contributed by atoms with van der Waals surface area (Å²) in [6, 6.07) is -1.92. The third-order valence-corrected chi connectivity index (χ3v) is 2.76. The van der Waals surface area contributed by atoms with Gasteiger partial charge in [0, 0.05) is 24.9 Å². The lowest BCUT2D eigenvalue weighted by atomic mass is 10.3. The highest BCUT2D eigenvalue weighted by atomic mass is 32.2. The van der Waals surface area contributed by atoms with Crippen LogP contribution in [0.2, 0.25) is 0 Å². The van der Waals surface area contributed by atoms with Crippen LogP contribution < -0.4 is 16.4 Å². The minimum absolute atomic E-state index is 0.0417. The van der Waals surface area contributed by atoms with Gasteiger partial charge in [0.25, 0.3) is 0 Å². The highest BCUT2D eigenvalue weighted by molar-refractivity contribution is 7.99. The number of imide groups is 1. The minimum atomic E-state index is -1.14. The van der Waals surface area contributed by atoms with Crippen molar-refractivity contribution in [2.24, 2.45) is 5.73 Å². The zero-order valence-electron chi connectivity index (χ0n) is 9.76. The Hall–Kier alpha value is -1.77. The van der Waals surface area contributed by atoms with E-state index in [0.717, 1.165) is 0 Å². The van der Waals surface area contributed by atoms with E-state index in [1.54, 1.807) is 0 Å². The number of carboxylic acid groups (broad SMARTS) is 1. The number of urea groups is 1. The number of rotatable bonds is 7. The molecule has 1 unspecified atom stereocenters. The SMILES string of the molecule is CC(=O)NC(CSCCC(=O)NC(N)=O)C(=O)O. The normalized spacial score (nSPS) is 11.4. The predicted molar refractivity (Wildman–Crippen MR) is 64.9 cm³/mol. The molecule has 5 N–H and O–H groups in total. The first-order chi connectivity index (χ1) is 8.32. The molecule has 0 fully saturated rings. The summed E-state index contributed by atoms with van der Waals surface area (Å²) in [6.45, 7) is 1.22. The van der Waals surface area contributed by atoms with Gasteiger partial charge in [-0.05, 0) is 0 Å². The van der Waals surface area contributed by atoms with E-state index < -0.39 is 29.9 Å². The predicted octanol–water partition coefficient (Wildman–Crippen LogP) is -1.11. The summed E-state index contributed by atoms with van der Waals surface area (Å²) in [7, 11) is 0. The second kappa shape index (κ2) is 8.34. The monoisotopic (exact) mass is 277 g/mol. The van der Waals surface area contributed by atoms with Crippen LogP contribution in [-0.2, 0) is 14.4 Å². The Morgan fingerprint density at radius 1 is 1.33 bits per heavy atom. The number of nitrogens with one attached hydrogen (secondary N) is 2. The molecule has 0 aromatic heterocycles. The van der Waals surface area contributed by atoms with Crippen LogP contribution in [0.4, 0.5) is 4.79 Å². The van der Waals surface area contributed by atoms with Gasteiger partial charge in [0.15, 0.2) is 0 Å². The average Bonchev–Trinajstić information content (AvgIpc) is 2.20.